The molecule has 2 rings (SSSR count). The number of ether oxygens (including phenoxy) is 1. The molecule has 1 heterocycles. The fourth-order valence-corrected chi connectivity index (χ4v) is 2.82. The third-order valence-corrected chi connectivity index (χ3v) is 4.04. The van der Waals surface area contributed by atoms with Gasteiger partial charge in [-0.3, -0.25) is 0 Å². The van der Waals surface area contributed by atoms with E-state index in [-0.39, 0.29) is 6.04 Å². The third-order valence-electron chi connectivity index (χ3n) is 4.04. The van der Waals surface area contributed by atoms with Crippen LogP contribution in [0.1, 0.15) is 24.4 Å². The second-order valence-corrected chi connectivity index (χ2v) is 5.66. The van der Waals surface area contributed by atoms with E-state index in [2.05, 4.69) is 22.9 Å². The van der Waals surface area contributed by atoms with Crippen LogP contribution in [0.3, 0.4) is 0 Å². The predicted molar refractivity (Wildman–Crippen MR) is 83.1 cm³/mol. The Labute approximate surface area is 122 Å². The Morgan fingerprint density at radius 1 is 1.30 bits per heavy atom. The van der Waals surface area contributed by atoms with Crippen LogP contribution in [0.4, 0.5) is 0 Å². The highest BCUT2D eigenvalue weighted by Crippen LogP contribution is 2.23. The Morgan fingerprint density at radius 3 is 2.70 bits per heavy atom. The van der Waals surface area contributed by atoms with Gasteiger partial charge in [-0.05, 0) is 39.0 Å². The van der Waals surface area contributed by atoms with E-state index < -0.39 is 0 Å². The number of likely N-dealkylation sites (tertiary alicyclic amines) is 1. The van der Waals surface area contributed by atoms with Gasteiger partial charge in [0, 0.05) is 31.2 Å². The van der Waals surface area contributed by atoms with Crippen molar-refractivity contribution in [1.29, 1.82) is 0 Å². The molecule has 2 N–H and O–H groups in total. The number of nitrogens with zero attached hydrogens (tertiary/aromatic N) is 2. The molecule has 0 saturated carbocycles. The molecule has 1 unspecified atom stereocenters. The Balaban J connectivity index is 1.81. The smallest absolute Gasteiger partial charge is 0.123 e. The molecule has 1 fully saturated rings. The summed E-state index contributed by atoms with van der Waals surface area (Å²) in [5.74, 6) is 0.882. The van der Waals surface area contributed by atoms with Gasteiger partial charge in [-0.25, -0.2) is 0 Å². The van der Waals surface area contributed by atoms with Crippen molar-refractivity contribution in [2.24, 2.45) is 5.73 Å². The van der Waals surface area contributed by atoms with Gasteiger partial charge in [-0.1, -0.05) is 18.2 Å². The van der Waals surface area contributed by atoms with Crippen LogP contribution >= 0.6 is 0 Å². The number of hydrogen-bond donors (Lipinski definition) is 1. The second kappa shape index (κ2) is 7.62. The van der Waals surface area contributed by atoms with E-state index >= 15 is 0 Å². The van der Waals surface area contributed by atoms with E-state index in [1.54, 1.807) is 7.11 Å². The summed E-state index contributed by atoms with van der Waals surface area (Å²) in [6, 6.07) is 8.01. The lowest BCUT2D eigenvalue weighted by Gasteiger charge is -2.25. The summed E-state index contributed by atoms with van der Waals surface area (Å²) in [6.07, 6.45) is 2.70. The van der Waals surface area contributed by atoms with Gasteiger partial charge in [-0.2, -0.15) is 0 Å². The van der Waals surface area contributed by atoms with E-state index in [9.17, 15) is 0 Å². The van der Waals surface area contributed by atoms with E-state index in [0.717, 1.165) is 30.9 Å². The van der Waals surface area contributed by atoms with Crippen LogP contribution in [-0.2, 0) is 0 Å². The Hall–Kier alpha value is -1.10. The normalized spacial score (nSPS) is 17.6. The van der Waals surface area contributed by atoms with Gasteiger partial charge in [0.2, 0.25) is 0 Å². The Kier molecular flexibility index (Phi) is 5.83. The van der Waals surface area contributed by atoms with Gasteiger partial charge in [-0.15, -0.1) is 0 Å². The third kappa shape index (κ3) is 4.20. The molecule has 0 bridgehead atoms. The number of nitrogens with two attached hydrogens (primary N) is 1. The summed E-state index contributed by atoms with van der Waals surface area (Å²) in [5.41, 5.74) is 7.41. The zero-order valence-corrected chi connectivity index (χ0v) is 12.7. The molecule has 0 aromatic heterocycles. The molecule has 1 aromatic rings. The molecule has 1 aliphatic heterocycles. The van der Waals surface area contributed by atoms with Crippen LogP contribution in [-0.4, -0.2) is 56.7 Å². The molecule has 1 aliphatic rings. The number of benzene rings is 1. The minimum Gasteiger partial charge on any atom is -0.496 e. The number of rotatable bonds is 7. The van der Waals surface area contributed by atoms with E-state index in [0.29, 0.717) is 0 Å². The standard InChI is InChI=1S/C16H27N3O/c1-18(11-12-19-9-5-6-10-19)13-15(17)14-7-3-4-8-16(14)20-2/h3-4,7-8,15H,5-6,9-13,17H2,1-2H3. The predicted octanol–water partition coefficient (Wildman–Crippen LogP) is 1.72. The van der Waals surface area contributed by atoms with Crippen LogP contribution in [0, 0.1) is 0 Å². The molecule has 1 saturated heterocycles. The van der Waals surface area contributed by atoms with Crippen molar-refractivity contribution in [2.75, 3.05) is 46.9 Å². The monoisotopic (exact) mass is 277 g/mol. The lowest BCUT2D eigenvalue weighted by atomic mass is 10.1. The lowest BCUT2D eigenvalue weighted by molar-refractivity contribution is 0.247. The van der Waals surface area contributed by atoms with Gasteiger partial charge >= 0.3 is 0 Å². The minimum atomic E-state index is -0.00488. The van der Waals surface area contributed by atoms with Gasteiger partial charge < -0.3 is 20.3 Å². The first-order valence-electron chi connectivity index (χ1n) is 7.50. The number of para-hydroxylation sites is 1. The second-order valence-electron chi connectivity index (χ2n) is 5.66. The molecule has 1 aromatic carbocycles. The summed E-state index contributed by atoms with van der Waals surface area (Å²) < 4.78 is 5.38. The van der Waals surface area contributed by atoms with Gasteiger partial charge in [0.15, 0.2) is 0 Å². The molecule has 0 aliphatic carbocycles. The minimum absolute atomic E-state index is 0.00488. The Bertz CT molecular complexity index is 404. The maximum atomic E-state index is 6.32. The summed E-state index contributed by atoms with van der Waals surface area (Å²) >= 11 is 0. The number of likely N-dealkylation sites (N-methyl/N-ethyl adjacent to an activating group) is 1. The Morgan fingerprint density at radius 2 is 2.00 bits per heavy atom. The maximum absolute atomic E-state index is 6.32. The van der Waals surface area contributed by atoms with Crippen molar-refractivity contribution < 1.29 is 4.74 Å². The van der Waals surface area contributed by atoms with Crippen molar-refractivity contribution in [2.45, 2.75) is 18.9 Å². The van der Waals surface area contributed by atoms with E-state index in [4.69, 9.17) is 10.5 Å². The van der Waals surface area contributed by atoms with Crippen molar-refractivity contribution in [1.82, 2.24) is 9.80 Å². The molecule has 4 heteroatoms. The molecule has 4 nitrogen and oxygen atoms in total. The molecule has 0 spiro atoms. The van der Waals surface area contributed by atoms with Crippen molar-refractivity contribution >= 4 is 0 Å². The highest BCUT2D eigenvalue weighted by atomic mass is 16.5. The van der Waals surface area contributed by atoms with Crippen molar-refractivity contribution in [3.63, 3.8) is 0 Å². The van der Waals surface area contributed by atoms with Crippen LogP contribution in [0.25, 0.3) is 0 Å². The highest BCUT2D eigenvalue weighted by molar-refractivity contribution is 5.35. The van der Waals surface area contributed by atoms with Crippen LogP contribution in [0.2, 0.25) is 0 Å². The maximum Gasteiger partial charge on any atom is 0.123 e. The summed E-state index contributed by atoms with van der Waals surface area (Å²) in [5, 5.41) is 0. The lowest BCUT2D eigenvalue weighted by Crippen LogP contribution is -2.35. The molecule has 112 valence electrons. The molecular formula is C16H27N3O. The highest BCUT2D eigenvalue weighted by Gasteiger charge is 2.15. The topological polar surface area (TPSA) is 41.7 Å². The SMILES string of the molecule is COc1ccccc1C(N)CN(C)CCN1CCCC1. The molecular weight excluding hydrogens is 250 g/mol. The first-order valence-corrected chi connectivity index (χ1v) is 7.50. The summed E-state index contributed by atoms with van der Waals surface area (Å²) in [6.45, 7) is 5.59. The average Bonchev–Trinajstić information content (AvgIpc) is 2.98. The first-order chi connectivity index (χ1) is 9.70. The molecule has 1 atom stereocenters. The van der Waals surface area contributed by atoms with E-state index in [1.165, 1.54) is 25.9 Å². The number of methoxy groups -OCH3 is 1. The molecule has 20 heavy (non-hydrogen) atoms. The van der Waals surface area contributed by atoms with Gasteiger partial charge in [0.05, 0.1) is 7.11 Å². The number of hydrogen-bond acceptors (Lipinski definition) is 4. The van der Waals surface area contributed by atoms with E-state index in [1.807, 2.05) is 18.2 Å². The van der Waals surface area contributed by atoms with Crippen molar-refractivity contribution in [3.05, 3.63) is 29.8 Å². The van der Waals surface area contributed by atoms with Crippen LogP contribution in [0.15, 0.2) is 24.3 Å². The van der Waals surface area contributed by atoms with Gasteiger partial charge in [0.25, 0.3) is 0 Å². The van der Waals surface area contributed by atoms with Gasteiger partial charge in [0.1, 0.15) is 5.75 Å². The quantitative estimate of drug-likeness (QED) is 0.824. The zero-order valence-electron chi connectivity index (χ0n) is 12.7. The van der Waals surface area contributed by atoms with Crippen LogP contribution < -0.4 is 10.5 Å². The summed E-state index contributed by atoms with van der Waals surface area (Å²) in [4.78, 5) is 4.85. The summed E-state index contributed by atoms with van der Waals surface area (Å²) in [7, 11) is 3.84. The zero-order chi connectivity index (χ0) is 14.4. The average molecular weight is 277 g/mol. The molecule has 0 amide bonds. The van der Waals surface area contributed by atoms with Crippen molar-refractivity contribution in [3.8, 4) is 5.75 Å². The molecule has 0 radical (unpaired) electrons. The fourth-order valence-electron chi connectivity index (χ4n) is 2.82. The van der Waals surface area contributed by atoms with Crippen LogP contribution in [0.5, 0.6) is 5.75 Å². The fraction of sp³-hybridized carbons (Fsp3) is 0.625. The first kappa shape index (κ1) is 15.3. The largest absolute Gasteiger partial charge is 0.496 e.